The van der Waals surface area contributed by atoms with Crippen LogP contribution in [-0.2, 0) is 33.3 Å². The van der Waals surface area contributed by atoms with Crippen LogP contribution in [0.4, 0.5) is 0 Å². The number of ether oxygens (including phenoxy) is 4. The lowest BCUT2D eigenvalue weighted by Gasteiger charge is -2.25. The van der Waals surface area contributed by atoms with Gasteiger partial charge in [-0.2, -0.15) is 0 Å². The van der Waals surface area contributed by atoms with Gasteiger partial charge in [-0.15, -0.1) is 0 Å². The summed E-state index contributed by atoms with van der Waals surface area (Å²) in [5, 5.41) is 9.65. The number of carboxylic acids is 1. The maximum atomic E-state index is 12.7. The Hall–Kier alpha value is -1.97. The first-order valence-electron chi connectivity index (χ1n) is 26.4. The maximum absolute atomic E-state index is 12.7. The van der Waals surface area contributed by atoms with Crippen LogP contribution in [0.3, 0.4) is 0 Å². The van der Waals surface area contributed by atoms with E-state index in [1.54, 1.807) is 0 Å². The molecule has 0 rings (SSSR count). The molecule has 2 unspecified atom stereocenters. The summed E-state index contributed by atoms with van der Waals surface area (Å²) in [4.78, 5) is 37.2. The summed E-state index contributed by atoms with van der Waals surface area (Å²) in [5.41, 5.74) is 0. The Labute approximate surface area is 383 Å². The summed E-state index contributed by atoms with van der Waals surface area (Å²) in [6.45, 7) is 4.86. The Kier molecular flexibility index (Phi) is 44.1. The van der Waals surface area contributed by atoms with Crippen molar-refractivity contribution in [2.45, 2.75) is 264 Å². The van der Waals surface area contributed by atoms with Gasteiger partial charge in [0.25, 0.3) is 6.29 Å². The summed E-state index contributed by atoms with van der Waals surface area (Å²) in [6.07, 6.45) is 47.3. The normalized spacial score (nSPS) is 12.9. The number of hydrogen-bond acceptors (Lipinski definition) is 7. The van der Waals surface area contributed by atoms with Crippen LogP contribution in [0, 0.1) is 0 Å². The third-order valence-electron chi connectivity index (χ3n) is 11.8. The van der Waals surface area contributed by atoms with E-state index in [2.05, 4.69) is 26.0 Å². The van der Waals surface area contributed by atoms with Gasteiger partial charge in [0.2, 0.25) is 0 Å². The summed E-state index contributed by atoms with van der Waals surface area (Å²) >= 11 is 0. The third kappa shape index (κ3) is 46.0. The van der Waals surface area contributed by atoms with Crippen molar-refractivity contribution in [2.75, 3.05) is 47.5 Å². The minimum absolute atomic E-state index is 0.180. The van der Waals surface area contributed by atoms with Crippen molar-refractivity contribution in [3.8, 4) is 0 Å². The van der Waals surface area contributed by atoms with Crippen molar-refractivity contribution in [3.05, 3.63) is 12.2 Å². The number of carboxylic acid groups (broad SMARTS) is 1. The number of likely N-dealkylation sites (N-methyl/N-ethyl adjacent to an activating group) is 1. The highest BCUT2D eigenvalue weighted by molar-refractivity contribution is 5.71. The molecule has 0 amide bonds. The molecule has 2 atom stereocenters. The zero-order chi connectivity index (χ0) is 45.6. The second-order valence-corrected chi connectivity index (χ2v) is 19.2. The molecule has 0 aliphatic heterocycles. The average molecular weight is 881 g/mol. The number of esters is 2. The number of quaternary nitrogens is 1. The highest BCUT2D eigenvalue weighted by Crippen LogP contribution is 2.17. The molecule has 0 aliphatic rings. The molecule has 1 N–H and O–H groups in total. The summed E-state index contributed by atoms with van der Waals surface area (Å²) < 4.78 is 22.8. The quantitative estimate of drug-likeness (QED) is 0.0212. The zero-order valence-corrected chi connectivity index (χ0v) is 41.6. The van der Waals surface area contributed by atoms with Gasteiger partial charge in [0.15, 0.2) is 6.10 Å². The van der Waals surface area contributed by atoms with Crippen LogP contribution < -0.4 is 0 Å². The van der Waals surface area contributed by atoms with Gasteiger partial charge in [-0.25, -0.2) is 4.79 Å². The second-order valence-electron chi connectivity index (χ2n) is 19.2. The van der Waals surface area contributed by atoms with E-state index in [0.29, 0.717) is 23.9 Å². The molecule has 0 aromatic rings. The van der Waals surface area contributed by atoms with Crippen LogP contribution in [0.15, 0.2) is 12.2 Å². The van der Waals surface area contributed by atoms with Crippen molar-refractivity contribution in [3.63, 3.8) is 0 Å². The molecule has 0 aromatic heterocycles. The van der Waals surface area contributed by atoms with Crippen LogP contribution in [0.5, 0.6) is 0 Å². The minimum Gasteiger partial charge on any atom is -0.477 e. The Bertz CT molecular complexity index is 1030. The van der Waals surface area contributed by atoms with Gasteiger partial charge in [0.1, 0.15) is 13.2 Å². The number of carbonyl (C=O) groups is 3. The summed E-state index contributed by atoms with van der Waals surface area (Å²) in [6, 6.07) is 0. The highest BCUT2D eigenvalue weighted by Gasteiger charge is 2.25. The van der Waals surface area contributed by atoms with Crippen LogP contribution >= 0.6 is 0 Å². The molecule has 366 valence electrons. The monoisotopic (exact) mass is 881 g/mol. The van der Waals surface area contributed by atoms with E-state index >= 15 is 0 Å². The van der Waals surface area contributed by atoms with Gasteiger partial charge in [-0.3, -0.25) is 9.59 Å². The van der Waals surface area contributed by atoms with Gasteiger partial charge < -0.3 is 28.5 Å². The van der Waals surface area contributed by atoms with Crippen LogP contribution in [0.2, 0.25) is 0 Å². The molecule has 0 saturated carbocycles. The first kappa shape index (κ1) is 60.0. The lowest BCUT2D eigenvalue weighted by Crippen LogP contribution is -2.40. The van der Waals surface area contributed by atoms with Gasteiger partial charge in [0, 0.05) is 12.8 Å². The van der Waals surface area contributed by atoms with E-state index in [-0.39, 0.29) is 32.2 Å². The predicted octanol–water partition coefficient (Wildman–Crippen LogP) is 14.6. The number of hydrogen-bond donors (Lipinski definition) is 1. The van der Waals surface area contributed by atoms with Crippen molar-refractivity contribution >= 4 is 17.9 Å². The van der Waals surface area contributed by atoms with Crippen molar-refractivity contribution in [1.82, 2.24) is 0 Å². The molecule has 9 heteroatoms. The minimum atomic E-state index is -1.51. The van der Waals surface area contributed by atoms with E-state index in [1.165, 1.54) is 161 Å². The van der Waals surface area contributed by atoms with E-state index < -0.39 is 24.3 Å². The number of unbranched alkanes of at least 4 members (excludes halogenated alkanes) is 32. The summed E-state index contributed by atoms with van der Waals surface area (Å²) in [5.74, 6) is -2.00. The standard InChI is InChI=1S/C53H101NO8/c1-6-8-10-12-14-16-18-19-20-21-22-23-24-25-26-27-28-29-30-31-32-34-35-37-39-41-43-50(55)60-47-49(48-61-53(52(57)58)59-46-45-54(3,4)5)62-51(56)44-42-40-38-36-33-17-15-13-11-9-7-2/h13,15,49,53H,6-12,14,16-48H2,1-5H3/p+1/b15-13-. The lowest BCUT2D eigenvalue weighted by molar-refractivity contribution is -0.870. The Balaban J connectivity index is 4.11. The molecule has 0 aromatic carbocycles. The number of nitrogens with zero attached hydrogens (tertiary/aromatic N) is 1. The molecular formula is C53H102NO8+. The van der Waals surface area contributed by atoms with Crippen molar-refractivity contribution < 1.29 is 42.9 Å². The number of aliphatic carboxylic acids is 1. The number of rotatable bonds is 49. The maximum Gasteiger partial charge on any atom is 0.361 e. The molecular weight excluding hydrogens is 779 g/mol. The third-order valence-corrected chi connectivity index (χ3v) is 11.8. The Morgan fingerprint density at radius 1 is 0.468 bits per heavy atom. The van der Waals surface area contributed by atoms with E-state index in [0.717, 1.165) is 57.8 Å². The van der Waals surface area contributed by atoms with E-state index in [9.17, 15) is 19.5 Å². The van der Waals surface area contributed by atoms with E-state index in [1.807, 2.05) is 21.1 Å². The largest absolute Gasteiger partial charge is 0.477 e. The highest BCUT2D eigenvalue weighted by atomic mass is 16.7. The number of carbonyl (C=O) groups excluding carboxylic acids is 2. The number of allylic oxidation sites excluding steroid dienone is 2. The molecule has 0 saturated heterocycles. The van der Waals surface area contributed by atoms with Gasteiger partial charge >= 0.3 is 17.9 Å². The topological polar surface area (TPSA) is 108 Å². The Morgan fingerprint density at radius 2 is 0.839 bits per heavy atom. The van der Waals surface area contributed by atoms with Crippen LogP contribution in [0.25, 0.3) is 0 Å². The molecule has 9 nitrogen and oxygen atoms in total. The SMILES string of the molecule is CCCC/C=C\CCCCCCCC(=O)OC(COC(=O)CCCCCCCCCCCCCCCCCCCCCCCCCCCC)COC(OCC[N+](C)(C)C)C(=O)O. The average Bonchev–Trinajstić information content (AvgIpc) is 3.23. The van der Waals surface area contributed by atoms with Gasteiger partial charge in [-0.05, 0) is 32.1 Å². The van der Waals surface area contributed by atoms with Gasteiger partial charge in [0.05, 0.1) is 34.4 Å². The predicted molar refractivity (Wildman–Crippen MR) is 258 cm³/mol. The molecule has 0 aliphatic carbocycles. The summed E-state index contributed by atoms with van der Waals surface area (Å²) in [7, 11) is 5.96. The first-order valence-corrected chi connectivity index (χ1v) is 26.4. The first-order chi connectivity index (χ1) is 30.1. The van der Waals surface area contributed by atoms with E-state index in [4.69, 9.17) is 18.9 Å². The smallest absolute Gasteiger partial charge is 0.361 e. The molecule has 0 radical (unpaired) electrons. The molecule has 62 heavy (non-hydrogen) atoms. The van der Waals surface area contributed by atoms with Crippen LogP contribution in [-0.4, -0.2) is 87.4 Å². The fourth-order valence-electron chi connectivity index (χ4n) is 7.64. The lowest BCUT2D eigenvalue weighted by atomic mass is 10.0. The van der Waals surface area contributed by atoms with Crippen LogP contribution in [0.1, 0.15) is 251 Å². The molecule has 0 heterocycles. The zero-order valence-electron chi connectivity index (χ0n) is 41.6. The fraction of sp³-hybridized carbons (Fsp3) is 0.906. The molecule has 0 fully saturated rings. The van der Waals surface area contributed by atoms with Crippen molar-refractivity contribution in [1.29, 1.82) is 0 Å². The fourth-order valence-corrected chi connectivity index (χ4v) is 7.64. The molecule has 0 bridgehead atoms. The van der Waals surface area contributed by atoms with Crippen molar-refractivity contribution in [2.24, 2.45) is 0 Å². The molecule has 0 spiro atoms. The second kappa shape index (κ2) is 45.6. The Morgan fingerprint density at radius 3 is 1.24 bits per heavy atom. The van der Waals surface area contributed by atoms with Gasteiger partial charge in [-0.1, -0.05) is 219 Å².